The fourth-order valence-corrected chi connectivity index (χ4v) is 2.14. The van der Waals surface area contributed by atoms with Crippen LogP contribution in [-0.2, 0) is 13.5 Å². The lowest BCUT2D eigenvalue weighted by atomic mass is 10.1. The van der Waals surface area contributed by atoms with Crippen molar-refractivity contribution in [3.63, 3.8) is 0 Å². The molecule has 0 spiro atoms. The highest BCUT2D eigenvalue weighted by Crippen LogP contribution is 2.24. The summed E-state index contributed by atoms with van der Waals surface area (Å²) in [5.74, 6) is 0.882. The van der Waals surface area contributed by atoms with E-state index in [9.17, 15) is 0 Å². The van der Waals surface area contributed by atoms with Gasteiger partial charge in [0, 0.05) is 19.3 Å². The number of hydrogen-bond donors (Lipinski definition) is 1. The van der Waals surface area contributed by atoms with Crippen LogP contribution in [-0.4, -0.2) is 16.9 Å². The highest BCUT2D eigenvalue weighted by Gasteiger charge is 2.11. The molecular formula is C15H21N3O. The van der Waals surface area contributed by atoms with Crippen molar-refractivity contribution >= 4 is 5.69 Å². The number of hydrogen-bond acceptors (Lipinski definition) is 3. The third-order valence-corrected chi connectivity index (χ3v) is 3.21. The summed E-state index contributed by atoms with van der Waals surface area (Å²) in [5, 5.41) is 7.95. The fourth-order valence-electron chi connectivity index (χ4n) is 2.14. The molecule has 102 valence electrons. The van der Waals surface area contributed by atoms with Crippen molar-refractivity contribution in [2.24, 2.45) is 7.05 Å². The zero-order valence-electron chi connectivity index (χ0n) is 12.0. The molecule has 0 aliphatic carbocycles. The number of rotatable bonds is 5. The van der Waals surface area contributed by atoms with E-state index in [1.807, 2.05) is 30.1 Å². The van der Waals surface area contributed by atoms with E-state index >= 15 is 0 Å². The average molecular weight is 259 g/mol. The van der Waals surface area contributed by atoms with Crippen molar-refractivity contribution in [1.29, 1.82) is 0 Å². The van der Waals surface area contributed by atoms with E-state index in [1.54, 1.807) is 7.11 Å². The summed E-state index contributed by atoms with van der Waals surface area (Å²) in [6.07, 6.45) is 2.95. The molecule has 1 unspecified atom stereocenters. The predicted octanol–water partition coefficient (Wildman–Crippen LogP) is 3.16. The van der Waals surface area contributed by atoms with E-state index in [0.717, 1.165) is 23.6 Å². The quantitative estimate of drug-likeness (QED) is 0.896. The highest BCUT2D eigenvalue weighted by molar-refractivity contribution is 5.48. The lowest BCUT2D eigenvalue weighted by Crippen LogP contribution is -2.07. The molecule has 1 N–H and O–H groups in total. The van der Waals surface area contributed by atoms with Crippen LogP contribution in [0, 0.1) is 0 Å². The number of benzene rings is 1. The molecule has 0 bridgehead atoms. The van der Waals surface area contributed by atoms with E-state index < -0.39 is 0 Å². The Bertz CT molecular complexity index is 548. The van der Waals surface area contributed by atoms with Gasteiger partial charge >= 0.3 is 0 Å². The third-order valence-electron chi connectivity index (χ3n) is 3.21. The fraction of sp³-hybridized carbons (Fsp3) is 0.400. The molecule has 0 aliphatic heterocycles. The van der Waals surface area contributed by atoms with Gasteiger partial charge in [-0.15, -0.1) is 0 Å². The standard InChI is InChI=1S/C15H21N3O/c1-5-14-15(10-18(3)17-14)16-11(2)12-7-6-8-13(9-12)19-4/h6-11,16H,5H2,1-4H3. The maximum atomic E-state index is 5.26. The molecule has 0 aliphatic rings. The van der Waals surface area contributed by atoms with Gasteiger partial charge in [0.2, 0.25) is 0 Å². The molecule has 0 amide bonds. The predicted molar refractivity (Wildman–Crippen MR) is 77.6 cm³/mol. The summed E-state index contributed by atoms with van der Waals surface area (Å²) in [4.78, 5) is 0. The normalized spacial score (nSPS) is 12.2. The first-order chi connectivity index (χ1) is 9.13. The molecule has 2 rings (SSSR count). The van der Waals surface area contributed by atoms with Crippen LogP contribution in [0.2, 0.25) is 0 Å². The van der Waals surface area contributed by atoms with Crippen LogP contribution in [0.15, 0.2) is 30.5 Å². The Morgan fingerprint density at radius 2 is 2.21 bits per heavy atom. The number of ether oxygens (including phenoxy) is 1. The molecule has 1 aromatic heterocycles. The number of aromatic nitrogens is 2. The third kappa shape index (κ3) is 3.08. The zero-order chi connectivity index (χ0) is 13.8. The topological polar surface area (TPSA) is 39.1 Å². The molecule has 2 aromatic rings. The molecular weight excluding hydrogens is 238 g/mol. The van der Waals surface area contributed by atoms with Crippen LogP contribution in [0.5, 0.6) is 5.75 Å². The minimum absolute atomic E-state index is 0.213. The maximum Gasteiger partial charge on any atom is 0.119 e. The Balaban J connectivity index is 2.17. The number of aryl methyl sites for hydroxylation is 2. The van der Waals surface area contributed by atoms with Gasteiger partial charge in [-0.25, -0.2) is 0 Å². The minimum Gasteiger partial charge on any atom is -0.497 e. The Morgan fingerprint density at radius 3 is 2.89 bits per heavy atom. The zero-order valence-corrected chi connectivity index (χ0v) is 12.0. The van der Waals surface area contributed by atoms with E-state index in [1.165, 1.54) is 5.56 Å². The summed E-state index contributed by atoms with van der Waals surface area (Å²) >= 11 is 0. The molecule has 0 radical (unpaired) electrons. The Morgan fingerprint density at radius 1 is 1.42 bits per heavy atom. The van der Waals surface area contributed by atoms with Crippen LogP contribution in [0.3, 0.4) is 0 Å². The van der Waals surface area contributed by atoms with Crippen molar-refractivity contribution in [3.05, 3.63) is 41.7 Å². The second kappa shape index (κ2) is 5.78. The van der Waals surface area contributed by atoms with Gasteiger partial charge in [-0.1, -0.05) is 19.1 Å². The number of methoxy groups -OCH3 is 1. The molecule has 1 atom stereocenters. The van der Waals surface area contributed by atoms with Crippen LogP contribution in [0.4, 0.5) is 5.69 Å². The SMILES string of the molecule is CCc1nn(C)cc1NC(C)c1cccc(OC)c1. The molecule has 0 fully saturated rings. The van der Waals surface area contributed by atoms with E-state index in [2.05, 4.69) is 36.4 Å². The average Bonchev–Trinajstić information content (AvgIpc) is 2.78. The van der Waals surface area contributed by atoms with Crippen LogP contribution in [0.1, 0.15) is 31.1 Å². The highest BCUT2D eigenvalue weighted by atomic mass is 16.5. The molecule has 1 aromatic carbocycles. The second-order valence-electron chi connectivity index (χ2n) is 4.66. The van der Waals surface area contributed by atoms with Gasteiger partial charge in [0.15, 0.2) is 0 Å². The molecule has 1 heterocycles. The van der Waals surface area contributed by atoms with Gasteiger partial charge in [0.1, 0.15) is 5.75 Å². The maximum absolute atomic E-state index is 5.26. The lowest BCUT2D eigenvalue weighted by Gasteiger charge is -2.16. The van der Waals surface area contributed by atoms with E-state index in [0.29, 0.717) is 0 Å². The number of anilines is 1. The largest absolute Gasteiger partial charge is 0.497 e. The smallest absolute Gasteiger partial charge is 0.119 e. The first kappa shape index (κ1) is 13.5. The van der Waals surface area contributed by atoms with Crippen molar-refractivity contribution in [3.8, 4) is 5.75 Å². The van der Waals surface area contributed by atoms with Gasteiger partial charge in [-0.05, 0) is 31.0 Å². The van der Waals surface area contributed by atoms with Crippen molar-refractivity contribution in [2.75, 3.05) is 12.4 Å². The Hall–Kier alpha value is -1.97. The lowest BCUT2D eigenvalue weighted by molar-refractivity contribution is 0.414. The Kier molecular flexibility index (Phi) is 4.10. The molecule has 0 saturated carbocycles. The minimum atomic E-state index is 0.213. The molecule has 4 nitrogen and oxygen atoms in total. The summed E-state index contributed by atoms with van der Waals surface area (Å²) < 4.78 is 7.11. The summed E-state index contributed by atoms with van der Waals surface area (Å²) in [6.45, 7) is 4.25. The van der Waals surface area contributed by atoms with Gasteiger partial charge in [0.25, 0.3) is 0 Å². The Labute approximate surface area is 114 Å². The van der Waals surface area contributed by atoms with E-state index in [4.69, 9.17) is 4.74 Å². The van der Waals surface area contributed by atoms with Crippen molar-refractivity contribution in [1.82, 2.24) is 9.78 Å². The van der Waals surface area contributed by atoms with Crippen LogP contribution >= 0.6 is 0 Å². The van der Waals surface area contributed by atoms with Gasteiger partial charge in [-0.2, -0.15) is 5.10 Å². The first-order valence-corrected chi connectivity index (χ1v) is 6.57. The van der Waals surface area contributed by atoms with Gasteiger partial charge in [-0.3, -0.25) is 4.68 Å². The molecule has 19 heavy (non-hydrogen) atoms. The monoisotopic (exact) mass is 259 g/mol. The van der Waals surface area contributed by atoms with Crippen molar-refractivity contribution in [2.45, 2.75) is 26.3 Å². The molecule has 4 heteroatoms. The first-order valence-electron chi connectivity index (χ1n) is 6.57. The van der Waals surface area contributed by atoms with Gasteiger partial charge in [0.05, 0.1) is 18.5 Å². The van der Waals surface area contributed by atoms with Crippen molar-refractivity contribution < 1.29 is 4.74 Å². The van der Waals surface area contributed by atoms with E-state index in [-0.39, 0.29) is 6.04 Å². The second-order valence-corrected chi connectivity index (χ2v) is 4.66. The number of nitrogens with zero attached hydrogens (tertiary/aromatic N) is 2. The van der Waals surface area contributed by atoms with Crippen LogP contribution < -0.4 is 10.1 Å². The number of nitrogens with one attached hydrogen (secondary N) is 1. The summed E-state index contributed by atoms with van der Waals surface area (Å²) in [6, 6.07) is 8.33. The molecule has 0 saturated heterocycles. The van der Waals surface area contributed by atoms with Gasteiger partial charge < -0.3 is 10.1 Å². The van der Waals surface area contributed by atoms with Crippen LogP contribution in [0.25, 0.3) is 0 Å². The summed E-state index contributed by atoms with van der Waals surface area (Å²) in [7, 11) is 3.63. The summed E-state index contributed by atoms with van der Waals surface area (Å²) in [5.41, 5.74) is 3.39.